The van der Waals surface area contributed by atoms with E-state index in [1.54, 1.807) is 18.2 Å². The molecular weight excluding hydrogens is 294 g/mol. The molecule has 0 amide bonds. The van der Waals surface area contributed by atoms with Gasteiger partial charge in [-0.3, -0.25) is 4.90 Å². The Labute approximate surface area is 115 Å². The summed E-state index contributed by atoms with van der Waals surface area (Å²) in [5.41, 5.74) is 2.82. The van der Waals surface area contributed by atoms with Crippen molar-refractivity contribution in [2.45, 2.75) is 19.9 Å². The molecule has 1 N–H and O–H groups in total. The average molecular weight is 310 g/mol. The predicted molar refractivity (Wildman–Crippen MR) is 74.9 cm³/mol. The third kappa shape index (κ3) is 3.21. The third-order valence-electron chi connectivity index (χ3n) is 3.21. The van der Waals surface area contributed by atoms with Gasteiger partial charge in [0.2, 0.25) is 0 Å². The minimum atomic E-state index is -0.868. The van der Waals surface area contributed by atoms with Crippen molar-refractivity contribution in [2.75, 3.05) is 13.1 Å². The van der Waals surface area contributed by atoms with Crippen molar-refractivity contribution in [3.63, 3.8) is 0 Å². The molecule has 0 radical (unpaired) electrons. The van der Waals surface area contributed by atoms with Crippen LogP contribution in [0.15, 0.2) is 34.3 Å². The molecule has 0 aromatic heterocycles. The van der Waals surface area contributed by atoms with Crippen LogP contribution in [0.4, 0.5) is 0 Å². The van der Waals surface area contributed by atoms with Crippen LogP contribution in [0.3, 0.4) is 0 Å². The van der Waals surface area contributed by atoms with Crippen LogP contribution in [-0.4, -0.2) is 29.1 Å². The Kier molecular flexibility index (Phi) is 4.19. The lowest BCUT2D eigenvalue weighted by molar-refractivity contribution is 0.0696. The Bertz CT molecular complexity index is 496. The van der Waals surface area contributed by atoms with Gasteiger partial charge in [0.15, 0.2) is 0 Å². The summed E-state index contributed by atoms with van der Waals surface area (Å²) in [7, 11) is 0. The highest BCUT2D eigenvalue weighted by atomic mass is 79.9. The van der Waals surface area contributed by atoms with Crippen molar-refractivity contribution in [3.8, 4) is 0 Å². The Morgan fingerprint density at radius 2 is 2.28 bits per heavy atom. The predicted octanol–water partition coefficient (Wildman–Crippen LogP) is 3.26. The summed E-state index contributed by atoms with van der Waals surface area (Å²) >= 11 is 3.59. The molecule has 2 rings (SSSR count). The van der Waals surface area contributed by atoms with E-state index in [0.717, 1.165) is 31.6 Å². The maximum absolute atomic E-state index is 10.9. The zero-order chi connectivity index (χ0) is 13.1. The second-order valence-electron chi connectivity index (χ2n) is 4.65. The van der Waals surface area contributed by atoms with Gasteiger partial charge in [0.05, 0.1) is 5.56 Å². The topological polar surface area (TPSA) is 40.5 Å². The van der Waals surface area contributed by atoms with E-state index in [1.807, 2.05) is 6.07 Å². The fourth-order valence-electron chi connectivity index (χ4n) is 2.07. The van der Waals surface area contributed by atoms with Gasteiger partial charge in [-0.25, -0.2) is 4.79 Å². The molecule has 0 saturated heterocycles. The lowest BCUT2D eigenvalue weighted by Crippen LogP contribution is -2.29. The van der Waals surface area contributed by atoms with Gasteiger partial charge >= 0.3 is 5.97 Å². The van der Waals surface area contributed by atoms with Crippen molar-refractivity contribution < 1.29 is 9.90 Å². The molecule has 1 aliphatic heterocycles. The summed E-state index contributed by atoms with van der Waals surface area (Å²) in [6.45, 7) is 4.87. The number of hydrogen-bond donors (Lipinski definition) is 1. The fourth-order valence-corrected chi connectivity index (χ4v) is 2.62. The number of benzene rings is 1. The molecule has 3 nitrogen and oxygen atoms in total. The van der Waals surface area contributed by atoms with Gasteiger partial charge in [0.1, 0.15) is 0 Å². The average Bonchev–Trinajstić information content (AvgIpc) is 2.34. The number of carboxylic acid groups (broad SMARTS) is 1. The van der Waals surface area contributed by atoms with E-state index >= 15 is 0 Å². The largest absolute Gasteiger partial charge is 0.478 e. The second-order valence-corrected chi connectivity index (χ2v) is 5.61. The monoisotopic (exact) mass is 309 g/mol. The first-order valence-electron chi connectivity index (χ1n) is 5.95. The summed E-state index contributed by atoms with van der Waals surface area (Å²) in [5.74, 6) is -0.868. The summed E-state index contributed by atoms with van der Waals surface area (Å²) in [6, 6.07) is 7.16. The summed E-state index contributed by atoms with van der Waals surface area (Å²) < 4.78 is 1.25. The minimum Gasteiger partial charge on any atom is -0.478 e. The Balaban J connectivity index is 2.06. The molecule has 1 aliphatic rings. The highest BCUT2D eigenvalue weighted by Crippen LogP contribution is 2.23. The number of halogens is 1. The summed E-state index contributed by atoms with van der Waals surface area (Å²) in [6.07, 6.45) is 1.07. The van der Waals surface area contributed by atoms with Crippen LogP contribution in [-0.2, 0) is 6.54 Å². The molecule has 96 valence electrons. The maximum Gasteiger partial charge on any atom is 0.335 e. The third-order valence-corrected chi connectivity index (χ3v) is 4.14. The van der Waals surface area contributed by atoms with Gasteiger partial charge in [0, 0.05) is 24.1 Å². The molecule has 0 fully saturated rings. The molecule has 1 heterocycles. The number of nitrogens with zero attached hydrogens (tertiary/aromatic N) is 1. The number of rotatable bonds is 3. The molecule has 1 aromatic rings. The van der Waals surface area contributed by atoms with E-state index in [1.165, 1.54) is 10.1 Å². The number of carboxylic acids is 1. The smallest absolute Gasteiger partial charge is 0.335 e. The molecule has 4 heteroatoms. The van der Waals surface area contributed by atoms with Crippen LogP contribution in [0.1, 0.15) is 29.3 Å². The normalized spacial score (nSPS) is 17.0. The van der Waals surface area contributed by atoms with Crippen molar-refractivity contribution in [1.82, 2.24) is 4.90 Å². The summed E-state index contributed by atoms with van der Waals surface area (Å²) in [4.78, 5) is 13.2. The molecule has 0 bridgehead atoms. The first kappa shape index (κ1) is 13.3. The lowest BCUT2D eigenvalue weighted by atomic mass is 10.1. The Hall–Kier alpha value is -1.13. The van der Waals surface area contributed by atoms with Crippen LogP contribution in [0.2, 0.25) is 0 Å². The molecular formula is C14H16BrNO2. The zero-order valence-corrected chi connectivity index (χ0v) is 11.9. The van der Waals surface area contributed by atoms with Gasteiger partial charge in [-0.1, -0.05) is 33.6 Å². The Morgan fingerprint density at radius 3 is 2.94 bits per heavy atom. The molecule has 1 aromatic carbocycles. The second kappa shape index (κ2) is 5.67. The maximum atomic E-state index is 10.9. The van der Waals surface area contributed by atoms with Crippen molar-refractivity contribution in [2.24, 2.45) is 0 Å². The van der Waals surface area contributed by atoms with E-state index in [4.69, 9.17) is 5.11 Å². The van der Waals surface area contributed by atoms with Crippen LogP contribution >= 0.6 is 15.9 Å². The van der Waals surface area contributed by atoms with Gasteiger partial charge in [-0.15, -0.1) is 0 Å². The first-order valence-corrected chi connectivity index (χ1v) is 6.74. The number of carbonyl (C=O) groups is 1. The lowest BCUT2D eigenvalue weighted by Gasteiger charge is -2.27. The van der Waals surface area contributed by atoms with E-state index < -0.39 is 5.97 Å². The van der Waals surface area contributed by atoms with Gasteiger partial charge < -0.3 is 5.11 Å². The van der Waals surface area contributed by atoms with Gasteiger partial charge in [-0.05, 0) is 31.0 Å². The van der Waals surface area contributed by atoms with E-state index in [-0.39, 0.29) is 0 Å². The SMILES string of the molecule is CC1=C(Br)CN(Cc2cccc(C(=O)O)c2)CC1. The quantitative estimate of drug-likeness (QED) is 0.931. The number of hydrogen-bond acceptors (Lipinski definition) is 2. The van der Waals surface area contributed by atoms with Gasteiger partial charge in [-0.2, -0.15) is 0 Å². The van der Waals surface area contributed by atoms with E-state index in [2.05, 4.69) is 27.8 Å². The first-order chi connectivity index (χ1) is 8.56. The Morgan fingerprint density at radius 1 is 1.50 bits per heavy atom. The zero-order valence-electron chi connectivity index (χ0n) is 10.3. The molecule has 18 heavy (non-hydrogen) atoms. The highest BCUT2D eigenvalue weighted by Gasteiger charge is 2.15. The standard InChI is InChI=1S/C14H16BrNO2/c1-10-5-6-16(9-13(10)15)8-11-3-2-4-12(7-11)14(17)18/h2-4,7H,5-6,8-9H2,1H3,(H,17,18). The van der Waals surface area contributed by atoms with Crippen molar-refractivity contribution in [3.05, 3.63) is 45.4 Å². The van der Waals surface area contributed by atoms with E-state index in [0.29, 0.717) is 5.56 Å². The minimum absolute atomic E-state index is 0.357. The molecule has 0 saturated carbocycles. The van der Waals surface area contributed by atoms with Gasteiger partial charge in [0.25, 0.3) is 0 Å². The van der Waals surface area contributed by atoms with Crippen molar-refractivity contribution in [1.29, 1.82) is 0 Å². The summed E-state index contributed by atoms with van der Waals surface area (Å²) in [5, 5.41) is 8.96. The van der Waals surface area contributed by atoms with Crippen LogP contribution in [0.5, 0.6) is 0 Å². The highest BCUT2D eigenvalue weighted by molar-refractivity contribution is 9.11. The van der Waals surface area contributed by atoms with E-state index in [9.17, 15) is 4.79 Å². The van der Waals surface area contributed by atoms with Crippen LogP contribution in [0.25, 0.3) is 0 Å². The molecule has 0 spiro atoms. The van der Waals surface area contributed by atoms with Crippen molar-refractivity contribution >= 4 is 21.9 Å². The fraction of sp³-hybridized carbons (Fsp3) is 0.357. The number of aromatic carboxylic acids is 1. The van der Waals surface area contributed by atoms with Crippen LogP contribution in [0, 0.1) is 0 Å². The molecule has 0 unspecified atom stereocenters. The molecule has 0 aliphatic carbocycles. The van der Waals surface area contributed by atoms with Crippen LogP contribution < -0.4 is 0 Å². The molecule has 0 atom stereocenters.